The summed E-state index contributed by atoms with van der Waals surface area (Å²) in [6.45, 7) is 20.0. The van der Waals surface area contributed by atoms with Crippen LogP contribution in [0.5, 0.6) is 0 Å². The number of ether oxygens (including phenoxy) is 2. The zero-order valence-corrected chi connectivity index (χ0v) is 30.0. The van der Waals surface area contributed by atoms with Gasteiger partial charge in [-0.25, -0.2) is 4.79 Å². The van der Waals surface area contributed by atoms with E-state index in [4.69, 9.17) is 9.47 Å². The maximum absolute atomic E-state index is 13.7. The Morgan fingerprint density at radius 3 is 2.13 bits per heavy atom. The largest absolute Gasteiger partial charge is 0.462 e. The van der Waals surface area contributed by atoms with E-state index < -0.39 is 23.7 Å². The van der Waals surface area contributed by atoms with Gasteiger partial charge in [-0.2, -0.15) is 0 Å². The molecule has 0 radical (unpaired) electrons. The summed E-state index contributed by atoms with van der Waals surface area (Å²) < 4.78 is 11.7. The van der Waals surface area contributed by atoms with E-state index in [1.54, 1.807) is 27.7 Å². The van der Waals surface area contributed by atoms with Crippen molar-refractivity contribution in [1.82, 2.24) is 5.32 Å². The lowest BCUT2D eigenvalue weighted by Gasteiger charge is -2.61. The smallest absolute Gasteiger partial charge is 0.408 e. The Morgan fingerprint density at radius 2 is 1.53 bits per heavy atom. The van der Waals surface area contributed by atoms with Crippen molar-refractivity contribution in [2.75, 3.05) is 0 Å². The molecule has 0 heterocycles. The van der Waals surface area contributed by atoms with E-state index in [9.17, 15) is 19.2 Å². The average molecular weight is 630 g/mol. The molecule has 7 nitrogen and oxygen atoms in total. The SMILES string of the molecule is CC[C@H](C)[C@H](NC(=O)OC(C)(C)C)C(=O)C[C@H](C(=O)O[C@@H]1CC[C@@]2(C)[C@@H](CC[C@@H]3[C@@H]2CC[C@]2(C)[C@@H](C(C)=O)CC[C@@H]32)C1)C(C)C. The van der Waals surface area contributed by atoms with Gasteiger partial charge in [-0.3, -0.25) is 14.4 Å². The van der Waals surface area contributed by atoms with Crippen molar-refractivity contribution >= 4 is 23.6 Å². The molecule has 0 saturated heterocycles. The van der Waals surface area contributed by atoms with Crippen LogP contribution in [0.3, 0.4) is 0 Å². The summed E-state index contributed by atoms with van der Waals surface area (Å²) in [5.41, 5.74) is -0.242. The van der Waals surface area contributed by atoms with Crippen molar-refractivity contribution in [2.24, 2.45) is 58.2 Å². The Kier molecular flexibility index (Phi) is 10.9. The molecule has 0 aromatic heterocycles. The summed E-state index contributed by atoms with van der Waals surface area (Å²) in [6, 6.07) is -0.715. The van der Waals surface area contributed by atoms with Gasteiger partial charge in [0.05, 0.1) is 12.0 Å². The molecule has 4 aliphatic carbocycles. The van der Waals surface area contributed by atoms with Gasteiger partial charge in [0.15, 0.2) is 5.78 Å². The monoisotopic (exact) mass is 629 g/mol. The van der Waals surface area contributed by atoms with Crippen molar-refractivity contribution in [1.29, 1.82) is 0 Å². The summed E-state index contributed by atoms with van der Waals surface area (Å²) in [7, 11) is 0. The van der Waals surface area contributed by atoms with Crippen molar-refractivity contribution in [3.8, 4) is 0 Å². The average Bonchev–Trinajstić information content (AvgIpc) is 3.30. The molecular weight excluding hydrogens is 566 g/mol. The summed E-state index contributed by atoms with van der Waals surface area (Å²) in [5.74, 6) is 2.07. The van der Waals surface area contributed by atoms with Gasteiger partial charge in [0.2, 0.25) is 0 Å². The fraction of sp³-hybridized carbons (Fsp3) is 0.895. The molecule has 0 unspecified atom stereocenters. The van der Waals surface area contributed by atoms with Gasteiger partial charge in [-0.05, 0) is 132 Å². The zero-order valence-electron chi connectivity index (χ0n) is 30.0. The van der Waals surface area contributed by atoms with Crippen LogP contribution in [-0.2, 0) is 23.9 Å². The standard InChI is InChI=1S/C38H63NO6/c1-11-23(4)33(39-35(43)45-36(6,7)8)32(41)21-28(22(2)3)34(42)44-26-16-18-37(9)25(20-26)12-13-27-30-15-14-29(24(5)40)38(30,10)19-17-31(27)37/h22-23,25-31,33H,11-21H2,1-10H3,(H,39,43)/t23-,25-,26+,27-,28-,29+,30-,31-,33-,37-,38+/m0/s1. The molecule has 0 bridgehead atoms. The molecule has 4 aliphatic rings. The first-order chi connectivity index (χ1) is 20.9. The quantitative estimate of drug-likeness (QED) is 0.244. The van der Waals surface area contributed by atoms with Gasteiger partial charge in [0, 0.05) is 12.3 Å². The fourth-order valence-electron chi connectivity index (χ4n) is 10.4. The van der Waals surface area contributed by atoms with E-state index in [0.717, 1.165) is 32.1 Å². The molecule has 4 fully saturated rings. The number of nitrogens with one attached hydrogen (secondary N) is 1. The van der Waals surface area contributed by atoms with Crippen LogP contribution in [0.15, 0.2) is 0 Å². The number of ketones is 2. The summed E-state index contributed by atoms with van der Waals surface area (Å²) >= 11 is 0. The molecule has 11 atom stereocenters. The van der Waals surface area contributed by atoms with E-state index in [-0.39, 0.29) is 52.9 Å². The maximum atomic E-state index is 13.7. The minimum absolute atomic E-state index is 0.0420. The number of fused-ring (bicyclic) bond motifs is 5. The molecule has 0 aliphatic heterocycles. The third-order valence-electron chi connectivity index (χ3n) is 13.2. The van der Waals surface area contributed by atoms with Crippen molar-refractivity contribution in [3.63, 3.8) is 0 Å². The van der Waals surface area contributed by atoms with Gasteiger partial charge in [-0.15, -0.1) is 0 Å². The summed E-state index contributed by atoms with van der Waals surface area (Å²) in [5, 5.41) is 2.79. The lowest BCUT2D eigenvalue weighted by molar-refractivity contribution is -0.169. The Hall–Kier alpha value is -1.92. The van der Waals surface area contributed by atoms with Gasteiger partial charge in [0.1, 0.15) is 17.5 Å². The minimum Gasteiger partial charge on any atom is -0.462 e. The van der Waals surface area contributed by atoms with Crippen molar-refractivity contribution in [2.45, 2.75) is 158 Å². The van der Waals surface area contributed by atoms with E-state index in [2.05, 4.69) is 19.2 Å². The summed E-state index contributed by atoms with van der Waals surface area (Å²) in [4.78, 5) is 52.3. The Bertz CT molecular complexity index is 1110. The second-order valence-electron chi connectivity index (χ2n) is 17.3. The molecule has 1 N–H and O–H groups in total. The van der Waals surface area contributed by atoms with E-state index >= 15 is 0 Å². The van der Waals surface area contributed by atoms with Gasteiger partial charge < -0.3 is 14.8 Å². The Morgan fingerprint density at radius 1 is 0.889 bits per heavy atom. The first-order valence-electron chi connectivity index (χ1n) is 18.1. The highest BCUT2D eigenvalue weighted by Gasteiger charge is 2.61. The highest BCUT2D eigenvalue weighted by atomic mass is 16.6. The maximum Gasteiger partial charge on any atom is 0.408 e. The first-order valence-corrected chi connectivity index (χ1v) is 18.1. The third-order valence-corrected chi connectivity index (χ3v) is 13.2. The van der Waals surface area contributed by atoms with Gasteiger partial charge in [0.25, 0.3) is 0 Å². The number of amides is 1. The molecule has 1 amide bonds. The number of Topliss-reactive ketones (excluding diaryl/α,β-unsaturated/α-hetero) is 2. The van der Waals surface area contributed by atoms with Crippen LogP contribution in [-0.4, -0.2) is 41.4 Å². The molecular formula is C38H63NO6. The predicted octanol–water partition coefficient (Wildman–Crippen LogP) is 8.32. The zero-order chi connectivity index (χ0) is 33.5. The van der Waals surface area contributed by atoms with Gasteiger partial charge in [-0.1, -0.05) is 48.0 Å². The van der Waals surface area contributed by atoms with Crippen LogP contribution in [0.2, 0.25) is 0 Å². The van der Waals surface area contributed by atoms with Crippen LogP contribution in [0.25, 0.3) is 0 Å². The molecule has 0 aromatic carbocycles. The van der Waals surface area contributed by atoms with Gasteiger partial charge >= 0.3 is 12.1 Å². The highest BCUT2D eigenvalue weighted by molar-refractivity contribution is 5.91. The number of alkyl carbamates (subject to hydrolysis) is 1. The molecule has 0 aromatic rings. The Labute approximate surface area is 273 Å². The second kappa shape index (κ2) is 13.7. The molecule has 45 heavy (non-hydrogen) atoms. The number of rotatable bonds is 10. The lowest BCUT2D eigenvalue weighted by atomic mass is 9.44. The van der Waals surface area contributed by atoms with E-state index in [0.29, 0.717) is 35.9 Å². The van der Waals surface area contributed by atoms with Crippen molar-refractivity contribution in [3.05, 3.63) is 0 Å². The fourth-order valence-corrected chi connectivity index (χ4v) is 10.4. The van der Waals surface area contributed by atoms with Crippen LogP contribution in [0.1, 0.15) is 140 Å². The van der Waals surface area contributed by atoms with E-state index in [1.807, 2.05) is 27.7 Å². The normalized spacial score (nSPS) is 36.5. The lowest BCUT2D eigenvalue weighted by Crippen LogP contribution is -2.54. The topological polar surface area (TPSA) is 98.8 Å². The number of esters is 1. The molecule has 7 heteroatoms. The molecule has 4 saturated carbocycles. The van der Waals surface area contributed by atoms with Crippen LogP contribution in [0, 0.1) is 58.2 Å². The highest BCUT2D eigenvalue weighted by Crippen LogP contribution is 2.67. The first kappa shape index (κ1) is 35.9. The number of carbonyl (C=O) groups is 4. The summed E-state index contributed by atoms with van der Waals surface area (Å²) in [6.07, 6.45) is 9.89. The third kappa shape index (κ3) is 7.48. The molecule has 4 rings (SSSR count). The van der Waals surface area contributed by atoms with Crippen molar-refractivity contribution < 1.29 is 28.7 Å². The second-order valence-corrected chi connectivity index (χ2v) is 17.3. The molecule has 0 spiro atoms. The predicted molar refractivity (Wildman–Crippen MR) is 176 cm³/mol. The minimum atomic E-state index is -0.715. The number of hydrogen-bond donors (Lipinski definition) is 1. The van der Waals surface area contributed by atoms with Crippen LogP contribution >= 0.6 is 0 Å². The number of carbonyl (C=O) groups excluding carboxylic acids is 4. The van der Waals surface area contributed by atoms with E-state index in [1.165, 1.54) is 25.7 Å². The van der Waals surface area contributed by atoms with Crippen LogP contribution < -0.4 is 5.32 Å². The molecule has 256 valence electrons. The number of hydrogen-bond acceptors (Lipinski definition) is 6. The Balaban J connectivity index is 1.38. The van der Waals surface area contributed by atoms with Crippen LogP contribution in [0.4, 0.5) is 4.79 Å².